The zero-order valence-electron chi connectivity index (χ0n) is 10.6. The molecule has 1 unspecified atom stereocenters. The fourth-order valence-electron chi connectivity index (χ4n) is 2.40. The minimum absolute atomic E-state index is 0.142. The molecule has 1 heterocycles. The van der Waals surface area contributed by atoms with Crippen molar-refractivity contribution < 1.29 is 4.39 Å². The number of likely N-dealkylation sites (tertiary alicyclic amines) is 1. The standard InChI is InChI=1S/C14H18FN3/c1-17-14(10-18-6-5-13(15)9-18)12-4-2-3-11(7-12)8-16/h2-4,7,13-14,17H,5-6,9-10H2,1H3/t13?,14-/m1/s1. The van der Waals surface area contributed by atoms with E-state index >= 15 is 0 Å². The van der Waals surface area contributed by atoms with Gasteiger partial charge in [0.05, 0.1) is 11.6 Å². The van der Waals surface area contributed by atoms with Crippen molar-refractivity contribution in [3.8, 4) is 6.07 Å². The molecule has 1 aliphatic heterocycles. The fourth-order valence-corrected chi connectivity index (χ4v) is 2.40. The molecule has 1 aromatic rings. The topological polar surface area (TPSA) is 39.1 Å². The SMILES string of the molecule is CN[C@H](CN1CCC(F)C1)c1cccc(C#N)c1. The van der Waals surface area contributed by atoms with Crippen molar-refractivity contribution >= 4 is 0 Å². The highest BCUT2D eigenvalue weighted by Gasteiger charge is 2.24. The van der Waals surface area contributed by atoms with Crippen molar-refractivity contribution in [2.75, 3.05) is 26.7 Å². The van der Waals surface area contributed by atoms with Crippen molar-refractivity contribution in [2.45, 2.75) is 18.6 Å². The highest BCUT2D eigenvalue weighted by atomic mass is 19.1. The summed E-state index contributed by atoms with van der Waals surface area (Å²) in [6.07, 6.45) is -0.0535. The van der Waals surface area contributed by atoms with Gasteiger partial charge in [-0.1, -0.05) is 12.1 Å². The molecule has 1 aliphatic rings. The van der Waals surface area contributed by atoms with Crippen LogP contribution >= 0.6 is 0 Å². The van der Waals surface area contributed by atoms with E-state index in [1.807, 2.05) is 25.2 Å². The Balaban J connectivity index is 2.06. The molecular formula is C14H18FN3. The zero-order valence-corrected chi connectivity index (χ0v) is 10.6. The second kappa shape index (κ2) is 5.94. The number of alkyl halides is 1. The molecule has 18 heavy (non-hydrogen) atoms. The minimum atomic E-state index is -0.687. The third kappa shape index (κ3) is 3.06. The average molecular weight is 247 g/mol. The van der Waals surface area contributed by atoms with E-state index in [2.05, 4.69) is 16.3 Å². The summed E-state index contributed by atoms with van der Waals surface area (Å²) in [5.41, 5.74) is 1.75. The van der Waals surface area contributed by atoms with E-state index in [0.717, 1.165) is 18.7 Å². The van der Waals surface area contributed by atoms with Crippen molar-refractivity contribution in [1.29, 1.82) is 5.26 Å². The molecule has 2 atom stereocenters. The molecule has 4 heteroatoms. The van der Waals surface area contributed by atoms with Gasteiger partial charge in [-0.05, 0) is 31.2 Å². The van der Waals surface area contributed by atoms with Gasteiger partial charge in [0.25, 0.3) is 0 Å². The Morgan fingerprint density at radius 3 is 3.06 bits per heavy atom. The van der Waals surface area contributed by atoms with E-state index in [0.29, 0.717) is 18.5 Å². The van der Waals surface area contributed by atoms with Crippen LogP contribution < -0.4 is 5.32 Å². The molecule has 0 radical (unpaired) electrons. The van der Waals surface area contributed by atoms with Gasteiger partial charge in [0.15, 0.2) is 0 Å². The third-order valence-electron chi connectivity index (χ3n) is 3.42. The molecule has 0 spiro atoms. The number of nitrogens with one attached hydrogen (secondary N) is 1. The summed E-state index contributed by atoms with van der Waals surface area (Å²) in [5.74, 6) is 0. The summed E-state index contributed by atoms with van der Waals surface area (Å²) in [4.78, 5) is 2.13. The number of nitriles is 1. The number of halogens is 1. The summed E-state index contributed by atoms with van der Waals surface area (Å²) >= 11 is 0. The first-order valence-corrected chi connectivity index (χ1v) is 6.26. The lowest BCUT2D eigenvalue weighted by atomic mass is 10.0. The van der Waals surface area contributed by atoms with Crippen LogP contribution in [-0.2, 0) is 0 Å². The second-order valence-electron chi connectivity index (χ2n) is 4.72. The number of rotatable bonds is 4. The van der Waals surface area contributed by atoms with Gasteiger partial charge in [0.1, 0.15) is 6.17 Å². The molecule has 96 valence electrons. The lowest BCUT2D eigenvalue weighted by Gasteiger charge is -2.23. The minimum Gasteiger partial charge on any atom is -0.312 e. The Morgan fingerprint density at radius 2 is 2.44 bits per heavy atom. The molecule has 0 aromatic heterocycles. The van der Waals surface area contributed by atoms with Crippen molar-refractivity contribution in [3.05, 3.63) is 35.4 Å². The number of hydrogen-bond donors (Lipinski definition) is 1. The first-order valence-electron chi connectivity index (χ1n) is 6.26. The largest absolute Gasteiger partial charge is 0.312 e. The molecule has 1 saturated heterocycles. The first kappa shape index (κ1) is 13.0. The van der Waals surface area contributed by atoms with Crippen molar-refractivity contribution in [3.63, 3.8) is 0 Å². The van der Waals surface area contributed by atoms with Crippen LogP contribution in [0.2, 0.25) is 0 Å². The van der Waals surface area contributed by atoms with E-state index in [1.54, 1.807) is 6.07 Å². The monoisotopic (exact) mass is 247 g/mol. The molecule has 1 fully saturated rings. The normalized spacial score (nSPS) is 21.7. The van der Waals surface area contributed by atoms with E-state index in [4.69, 9.17) is 5.26 Å². The van der Waals surface area contributed by atoms with Crippen molar-refractivity contribution in [1.82, 2.24) is 10.2 Å². The van der Waals surface area contributed by atoms with E-state index < -0.39 is 6.17 Å². The molecule has 0 amide bonds. The Labute approximate surface area is 107 Å². The maximum atomic E-state index is 13.1. The van der Waals surface area contributed by atoms with Crippen LogP contribution in [0, 0.1) is 11.3 Å². The highest BCUT2D eigenvalue weighted by Crippen LogP contribution is 2.19. The molecule has 0 bridgehead atoms. The van der Waals surface area contributed by atoms with Crippen LogP contribution in [0.3, 0.4) is 0 Å². The quantitative estimate of drug-likeness (QED) is 0.882. The van der Waals surface area contributed by atoms with Gasteiger partial charge >= 0.3 is 0 Å². The van der Waals surface area contributed by atoms with Gasteiger partial charge in [-0.25, -0.2) is 4.39 Å². The van der Waals surface area contributed by atoms with Gasteiger partial charge in [0, 0.05) is 25.7 Å². The highest BCUT2D eigenvalue weighted by molar-refractivity contribution is 5.34. The maximum absolute atomic E-state index is 13.1. The van der Waals surface area contributed by atoms with Crippen LogP contribution in [0.15, 0.2) is 24.3 Å². The summed E-state index contributed by atoms with van der Waals surface area (Å²) in [6, 6.07) is 9.87. The number of benzene rings is 1. The van der Waals surface area contributed by atoms with Crippen LogP contribution in [0.1, 0.15) is 23.6 Å². The number of nitrogens with zero attached hydrogens (tertiary/aromatic N) is 2. The molecule has 2 rings (SSSR count). The molecule has 0 aliphatic carbocycles. The Kier molecular flexibility index (Phi) is 4.29. The summed E-state index contributed by atoms with van der Waals surface area (Å²) < 4.78 is 13.1. The van der Waals surface area contributed by atoms with E-state index in [9.17, 15) is 4.39 Å². The average Bonchev–Trinajstić information content (AvgIpc) is 2.81. The molecule has 0 saturated carbocycles. The lowest BCUT2D eigenvalue weighted by molar-refractivity contribution is 0.265. The smallest absolute Gasteiger partial charge is 0.114 e. The molecular weight excluding hydrogens is 229 g/mol. The second-order valence-corrected chi connectivity index (χ2v) is 4.72. The Morgan fingerprint density at radius 1 is 1.61 bits per heavy atom. The van der Waals surface area contributed by atoms with Crippen LogP contribution in [0.25, 0.3) is 0 Å². The predicted molar refractivity (Wildman–Crippen MR) is 68.9 cm³/mol. The summed E-state index contributed by atoms with van der Waals surface area (Å²) in [6.45, 7) is 2.12. The fraction of sp³-hybridized carbons (Fsp3) is 0.500. The maximum Gasteiger partial charge on any atom is 0.114 e. The summed E-state index contributed by atoms with van der Waals surface area (Å²) in [7, 11) is 1.90. The van der Waals surface area contributed by atoms with E-state index in [1.165, 1.54) is 0 Å². The van der Waals surface area contributed by atoms with Crippen molar-refractivity contribution in [2.24, 2.45) is 0 Å². The van der Waals surface area contributed by atoms with Crippen LogP contribution in [0.4, 0.5) is 4.39 Å². The first-order chi connectivity index (χ1) is 8.72. The zero-order chi connectivity index (χ0) is 13.0. The summed E-state index contributed by atoms with van der Waals surface area (Å²) in [5, 5.41) is 12.1. The molecule has 1 N–H and O–H groups in total. The van der Waals surface area contributed by atoms with Gasteiger partial charge in [-0.3, -0.25) is 4.90 Å². The number of hydrogen-bond acceptors (Lipinski definition) is 3. The predicted octanol–water partition coefficient (Wildman–Crippen LogP) is 1.86. The third-order valence-corrected chi connectivity index (χ3v) is 3.42. The van der Waals surface area contributed by atoms with Crippen LogP contribution in [-0.4, -0.2) is 37.8 Å². The van der Waals surface area contributed by atoms with Gasteiger partial charge in [0.2, 0.25) is 0 Å². The molecule has 3 nitrogen and oxygen atoms in total. The van der Waals surface area contributed by atoms with Crippen LogP contribution in [0.5, 0.6) is 0 Å². The molecule has 1 aromatic carbocycles. The lowest BCUT2D eigenvalue weighted by Crippen LogP contribution is -2.32. The Bertz CT molecular complexity index is 441. The number of likely N-dealkylation sites (N-methyl/N-ethyl adjacent to an activating group) is 1. The van der Waals surface area contributed by atoms with E-state index in [-0.39, 0.29) is 6.04 Å². The van der Waals surface area contributed by atoms with Gasteiger partial charge in [-0.15, -0.1) is 0 Å². The van der Waals surface area contributed by atoms with Gasteiger partial charge in [-0.2, -0.15) is 5.26 Å². The van der Waals surface area contributed by atoms with Gasteiger partial charge < -0.3 is 5.32 Å². The Hall–Kier alpha value is -1.44.